The van der Waals surface area contributed by atoms with Gasteiger partial charge in [-0.15, -0.1) is 0 Å². The fraction of sp³-hybridized carbons (Fsp3) is 0.500. The molecule has 17 heavy (non-hydrogen) atoms. The summed E-state index contributed by atoms with van der Waals surface area (Å²) in [5.41, 5.74) is 0.156. The predicted octanol–water partition coefficient (Wildman–Crippen LogP) is 1.25. The number of aromatic carboxylic acids is 1. The zero-order valence-electron chi connectivity index (χ0n) is 9.63. The van der Waals surface area contributed by atoms with Gasteiger partial charge in [-0.25, -0.2) is 4.79 Å². The fourth-order valence-electron chi connectivity index (χ4n) is 1.91. The molecule has 0 atom stereocenters. The molecule has 0 radical (unpaired) electrons. The summed E-state index contributed by atoms with van der Waals surface area (Å²) in [5, 5.41) is 8.80. The van der Waals surface area contributed by atoms with Gasteiger partial charge in [0.1, 0.15) is 12.4 Å². The number of nitrogens with zero attached hydrogens (tertiary/aromatic N) is 2. The molecule has 1 aliphatic rings. The lowest BCUT2D eigenvalue weighted by Gasteiger charge is -2.14. The van der Waals surface area contributed by atoms with Gasteiger partial charge in [0.05, 0.1) is 11.8 Å². The zero-order valence-corrected chi connectivity index (χ0v) is 9.63. The maximum atomic E-state index is 10.7. The van der Waals surface area contributed by atoms with E-state index in [1.807, 2.05) is 0 Å². The molecule has 1 N–H and O–H groups in total. The van der Waals surface area contributed by atoms with E-state index in [9.17, 15) is 4.79 Å². The highest BCUT2D eigenvalue weighted by atomic mass is 16.5. The Morgan fingerprint density at radius 1 is 1.41 bits per heavy atom. The molecule has 1 aromatic rings. The van der Waals surface area contributed by atoms with Crippen molar-refractivity contribution < 1.29 is 14.6 Å². The minimum absolute atomic E-state index is 0.156. The van der Waals surface area contributed by atoms with Gasteiger partial charge in [-0.3, -0.25) is 9.88 Å². The predicted molar refractivity (Wildman–Crippen MR) is 62.4 cm³/mol. The first-order valence-electron chi connectivity index (χ1n) is 5.79. The first kappa shape index (κ1) is 11.9. The van der Waals surface area contributed by atoms with Crippen molar-refractivity contribution in [2.24, 2.45) is 0 Å². The number of carboxylic acid groups (broad SMARTS) is 1. The van der Waals surface area contributed by atoms with Crippen LogP contribution in [-0.2, 0) is 0 Å². The molecular formula is C12H16N2O3. The normalized spacial score (nSPS) is 16.0. The van der Waals surface area contributed by atoms with E-state index in [-0.39, 0.29) is 5.56 Å². The first-order valence-corrected chi connectivity index (χ1v) is 5.79. The van der Waals surface area contributed by atoms with Crippen LogP contribution in [0.5, 0.6) is 5.75 Å². The third kappa shape index (κ3) is 3.42. The zero-order chi connectivity index (χ0) is 12.1. The summed E-state index contributed by atoms with van der Waals surface area (Å²) < 4.78 is 5.49. The Hall–Kier alpha value is -1.62. The largest absolute Gasteiger partial charge is 0.491 e. The van der Waals surface area contributed by atoms with Gasteiger partial charge in [-0.05, 0) is 32.0 Å². The van der Waals surface area contributed by atoms with Crippen LogP contribution in [0.3, 0.4) is 0 Å². The topological polar surface area (TPSA) is 62.7 Å². The molecule has 1 fully saturated rings. The summed E-state index contributed by atoms with van der Waals surface area (Å²) in [7, 11) is 0. The van der Waals surface area contributed by atoms with E-state index in [4.69, 9.17) is 9.84 Å². The van der Waals surface area contributed by atoms with E-state index in [1.165, 1.54) is 31.3 Å². The summed E-state index contributed by atoms with van der Waals surface area (Å²) in [6.07, 6.45) is 5.37. The van der Waals surface area contributed by atoms with Gasteiger partial charge in [0.25, 0.3) is 0 Å². The van der Waals surface area contributed by atoms with Crippen LogP contribution in [0.1, 0.15) is 23.2 Å². The monoisotopic (exact) mass is 236 g/mol. The van der Waals surface area contributed by atoms with Crippen LogP contribution in [0, 0.1) is 0 Å². The molecule has 1 saturated heterocycles. The Balaban J connectivity index is 1.81. The van der Waals surface area contributed by atoms with Crippen LogP contribution < -0.4 is 4.74 Å². The van der Waals surface area contributed by atoms with Gasteiger partial charge in [-0.2, -0.15) is 0 Å². The van der Waals surface area contributed by atoms with Crippen LogP contribution in [0.2, 0.25) is 0 Å². The molecule has 2 heterocycles. The molecule has 92 valence electrons. The Bertz CT molecular complexity index is 389. The molecular weight excluding hydrogens is 220 g/mol. The van der Waals surface area contributed by atoms with Gasteiger partial charge < -0.3 is 9.84 Å². The minimum Gasteiger partial charge on any atom is -0.491 e. The number of carbonyl (C=O) groups is 1. The van der Waals surface area contributed by atoms with Crippen molar-refractivity contribution >= 4 is 5.97 Å². The summed E-state index contributed by atoms with van der Waals surface area (Å²) >= 11 is 0. The lowest BCUT2D eigenvalue weighted by molar-refractivity contribution is 0.0696. The van der Waals surface area contributed by atoms with Crippen molar-refractivity contribution in [3.05, 3.63) is 24.0 Å². The van der Waals surface area contributed by atoms with Crippen molar-refractivity contribution in [1.29, 1.82) is 0 Å². The second kappa shape index (κ2) is 5.63. The van der Waals surface area contributed by atoms with Crippen molar-refractivity contribution in [2.75, 3.05) is 26.2 Å². The molecule has 0 aromatic carbocycles. The van der Waals surface area contributed by atoms with Crippen LogP contribution in [0.15, 0.2) is 18.5 Å². The highest BCUT2D eigenvalue weighted by Crippen LogP contribution is 2.12. The number of pyridine rings is 1. The Kier molecular flexibility index (Phi) is 3.93. The fourth-order valence-corrected chi connectivity index (χ4v) is 1.91. The molecule has 0 amide bonds. The molecule has 1 aromatic heterocycles. The number of carboxylic acids is 1. The number of hydrogen-bond donors (Lipinski definition) is 1. The highest BCUT2D eigenvalue weighted by Gasteiger charge is 2.11. The average Bonchev–Trinajstić information content (AvgIpc) is 2.82. The molecule has 0 bridgehead atoms. The highest BCUT2D eigenvalue weighted by molar-refractivity contribution is 5.87. The van der Waals surface area contributed by atoms with Crippen molar-refractivity contribution in [3.63, 3.8) is 0 Å². The lowest BCUT2D eigenvalue weighted by atomic mass is 10.3. The molecule has 0 aliphatic carbocycles. The first-order chi connectivity index (χ1) is 8.25. The second-order valence-corrected chi connectivity index (χ2v) is 4.11. The number of rotatable bonds is 5. The van der Waals surface area contributed by atoms with Gasteiger partial charge >= 0.3 is 5.97 Å². The van der Waals surface area contributed by atoms with Crippen LogP contribution >= 0.6 is 0 Å². The molecule has 5 nitrogen and oxygen atoms in total. The maximum Gasteiger partial charge on any atom is 0.337 e. The second-order valence-electron chi connectivity index (χ2n) is 4.11. The quantitative estimate of drug-likeness (QED) is 0.833. The lowest BCUT2D eigenvalue weighted by Crippen LogP contribution is -2.25. The van der Waals surface area contributed by atoms with Gasteiger partial charge in [0.2, 0.25) is 0 Å². The number of hydrogen-bond acceptors (Lipinski definition) is 4. The number of ether oxygens (including phenoxy) is 1. The standard InChI is InChI=1S/C12H16N2O3/c15-12(16)10-7-11(9-13-8-10)17-6-5-14-3-1-2-4-14/h7-9H,1-6H2,(H,15,16). The van der Waals surface area contributed by atoms with Crippen molar-refractivity contribution in [1.82, 2.24) is 9.88 Å². The van der Waals surface area contributed by atoms with E-state index in [1.54, 1.807) is 0 Å². The van der Waals surface area contributed by atoms with Crippen LogP contribution in [0.4, 0.5) is 0 Å². The molecule has 0 unspecified atom stereocenters. The molecule has 0 saturated carbocycles. The Labute approximate surface area is 100 Å². The summed E-state index contributed by atoms with van der Waals surface area (Å²) in [6.45, 7) is 3.73. The minimum atomic E-state index is -0.984. The molecule has 2 rings (SSSR count). The van der Waals surface area contributed by atoms with E-state index in [0.717, 1.165) is 19.6 Å². The van der Waals surface area contributed by atoms with Crippen LogP contribution in [0.25, 0.3) is 0 Å². The van der Waals surface area contributed by atoms with Crippen molar-refractivity contribution in [2.45, 2.75) is 12.8 Å². The molecule has 0 spiro atoms. The van der Waals surface area contributed by atoms with E-state index in [2.05, 4.69) is 9.88 Å². The Morgan fingerprint density at radius 3 is 2.88 bits per heavy atom. The Morgan fingerprint density at radius 2 is 2.18 bits per heavy atom. The van der Waals surface area contributed by atoms with Gasteiger partial charge in [0.15, 0.2) is 0 Å². The third-order valence-corrected chi connectivity index (χ3v) is 2.84. The van der Waals surface area contributed by atoms with E-state index >= 15 is 0 Å². The maximum absolute atomic E-state index is 10.7. The number of likely N-dealkylation sites (tertiary alicyclic amines) is 1. The summed E-state index contributed by atoms with van der Waals surface area (Å²) in [4.78, 5) is 16.9. The third-order valence-electron chi connectivity index (χ3n) is 2.84. The SMILES string of the molecule is O=C(O)c1cncc(OCCN2CCCC2)c1. The smallest absolute Gasteiger partial charge is 0.337 e. The van der Waals surface area contributed by atoms with Crippen LogP contribution in [-0.4, -0.2) is 47.2 Å². The molecule has 1 aliphatic heterocycles. The van der Waals surface area contributed by atoms with E-state index in [0.29, 0.717) is 12.4 Å². The van der Waals surface area contributed by atoms with Gasteiger partial charge in [0, 0.05) is 12.7 Å². The number of aromatic nitrogens is 1. The van der Waals surface area contributed by atoms with E-state index < -0.39 is 5.97 Å². The summed E-state index contributed by atoms with van der Waals surface area (Å²) in [5.74, 6) is -0.466. The molecule has 5 heteroatoms. The van der Waals surface area contributed by atoms with Crippen molar-refractivity contribution in [3.8, 4) is 5.75 Å². The average molecular weight is 236 g/mol. The van der Waals surface area contributed by atoms with Gasteiger partial charge in [-0.1, -0.05) is 0 Å². The summed E-state index contributed by atoms with van der Waals surface area (Å²) in [6, 6.07) is 1.50.